The zero-order valence-corrected chi connectivity index (χ0v) is 37.7. The number of aryl methyl sites for hydroxylation is 1. The van der Waals surface area contributed by atoms with Crippen molar-refractivity contribution in [2.45, 2.75) is 152 Å². The predicted molar refractivity (Wildman–Crippen MR) is 223 cm³/mol. The monoisotopic (exact) mass is 908 g/mol. The molecule has 6 rings (SSSR count). The summed E-state index contributed by atoms with van der Waals surface area (Å²) in [6.07, 6.45) is 8.77. The second-order valence-electron chi connectivity index (χ2n) is 18.4. The van der Waals surface area contributed by atoms with Gasteiger partial charge in [0.1, 0.15) is 28.8 Å². The number of benzene rings is 3. The number of hydrogen-bond donors (Lipinski definition) is 1. The van der Waals surface area contributed by atoms with E-state index in [0.717, 1.165) is 71.0 Å². The molecule has 0 unspecified atom stereocenters. The van der Waals surface area contributed by atoms with E-state index in [9.17, 15) is 9.90 Å². The Morgan fingerprint density at radius 2 is 1.46 bits per heavy atom. The van der Waals surface area contributed by atoms with Crippen LogP contribution in [0.5, 0.6) is 0 Å². The standard InChI is InChI=1S/C33H35N2O.C15H28O2.Ir/c1-19-15-24-26(33(7,8)14-13-32(24,5)6)25-28-30(36-29(19)25)27(34-18-35-28)21-16-20-11-9-10-12-22(20)23(17-21)31(2,3)4;1-7-14(5,8-2)12(16)11-13(17)15(6,9-3)10-4;/h9-12,15,17-18H,13-14H2,1-8H3;11,16H,7-10H2,1-6H3;/q-1;;/b;12-11-;. The van der Waals surface area contributed by atoms with Gasteiger partial charge in [-0.25, -0.2) is 4.98 Å². The van der Waals surface area contributed by atoms with Gasteiger partial charge in [0.2, 0.25) is 0 Å². The smallest absolute Gasteiger partial charge is 0.164 e. The second kappa shape index (κ2) is 15.7. The Labute approximate surface area is 338 Å². The number of aromatic nitrogens is 2. The first kappa shape index (κ1) is 43.4. The van der Waals surface area contributed by atoms with Crippen molar-refractivity contribution in [3.8, 4) is 11.3 Å². The number of fused-ring (bicyclic) bond motifs is 6. The number of furan rings is 1. The molecular formula is C48H63IrN2O3-. The molecule has 0 spiro atoms. The van der Waals surface area contributed by atoms with Gasteiger partial charge >= 0.3 is 0 Å². The topological polar surface area (TPSA) is 76.2 Å². The SMILES string of the molecule is CCC(C)(CC)C(=O)/C=C(\O)C(C)(CC)CC.Cc1cc2c(c3c1oc1c(-c4[c-]c5ccccc5c(C(C)(C)C)c4)ncnc13)C(C)(C)CCC2(C)C.[Ir]. The molecule has 293 valence electrons. The van der Waals surface area contributed by atoms with E-state index >= 15 is 0 Å². The molecule has 6 heteroatoms. The van der Waals surface area contributed by atoms with Crippen LogP contribution in [0.25, 0.3) is 44.1 Å². The molecule has 0 amide bonds. The van der Waals surface area contributed by atoms with Crippen LogP contribution >= 0.6 is 0 Å². The summed E-state index contributed by atoms with van der Waals surface area (Å²) in [5.41, 5.74) is 9.20. The van der Waals surface area contributed by atoms with Gasteiger partial charge in [0.15, 0.2) is 5.78 Å². The molecule has 2 heterocycles. The number of carbonyl (C=O) groups excluding carboxylic acids is 1. The fourth-order valence-electron chi connectivity index (χ4n) is 7.88. The molecule has 1 radical (unpaired) electrons. The second-order valence-corrected chi connectivity index (χ2v) is 18.4. The maximum Gasteiger partial charge on any atom is 0.164 e. The number of carbonyl (C=O) groups is 1. The maximum atomic E-state index is 12.2. The van der Waals surface area contributed by atoms with E-state index in [1.807, 2.05) is 41.5 Å². The van der Waals surface area contributed by atoms with Crippen molar-refractivity contribution in [1.82, 2.24) is 9.97 Å². The summed E-state index contributed by atoms with van der Waals surface area (Å²) in [4.78, 5) is 21.8. The molecule has 2 aromatic heterocycles. The molecule has 5 nitrogen and oxygen atoms in total. The first-order valence-corrected chi connectivity index (χ1v) is 19.8. The quantitative estimate of drug-likeness (QED) is 0.0953. The van der Waals surface area contributed by atoms with Crippen LogP contribution in [0, 0.1) is 23.8 Å². The van der Waals surface area contributed by atoms with E-state index in [-0.39, 0.29) is 58.7 Å². The third kappa shape index (κ3) is 7.85. The Morgan fingerprint density at radius 1 is 0.870 bits per heavy atom. The van der Waals surface area contributed by atoms with Gasteiger partial charge in [-0.15, -0.1) is 29.1 Å². The molecule has 54 heavy (non-hydrogen) atoms. The Bertz CT molecular complexity index is 2190. The van der Waals surface area contributed by atoms with E-state index < -0.39 is 0 Å². The molecule has 1 aliphatic rings. The minimum atomic E-state index is -0.337. The number of aliphatic hydroxyl groups excluding tert-OH is 1. The van der Waals surface area contributed by atoms with Crippen molar-refractivity contribution >= 4 is 38.6 Å². The van der Waals surface area contributed by atoms with Gasteiger partial charge < -0.3 is 9.52 Å². The summed E-state index contributed by atoms with van der Waals surface area (Å²) in [7, 11) is 0. The fraction of sp³-hybridized carbons (Fsp3) is 0.521. The van der Waals surface area contributed by atoms with E-state index in [1.54, 1.807) is 6.33 Å². The van der Waals surface area contributed by atoms with Gasteiger partial charge in [-0.2, -0.15) is 0 Å². The normalized spacial score (nSPS) is 15.8. The van der Waals surface area contributed by atoms with Crippen LogP contribution in [0.4, 0.5) is 0 Å². The first-order valence-electron chi connectivity index (χ1n) is 19.8. The van der Waals surface area contributed by atoms with Gasteiger partial charge in [0, 0.05) is 37.0 Å². The minimum absolute atomic E-state index is 0. The van der Waals surface area contributed by atoms with Gasteiger partial charge in [0.05, 0.1) is 11.1 Å². The third-order valence-electron chi connectivity index (χ3n) is 12.9. The molecule has 0 bridgehead atoms. The summed E-state index contributed by atoms with van der Waals surface area (Å²) >= 11 is 0. The van der Waals surface area contributed by atoms with Crippen LogP contribution in [-0.4, -0.2) is 20.9 Å². The molecule has 5 aromatic rings. The van der Waals surface area contributed by atoms with Gasteiger partial charge in [-0.05, 0) is 78.4 Å². The summed E-state index contributed by atoms with van der Waals surface area (Å²) in [5.74, 6) is 0.286. The molecule has 0 atom stereocenters. The first-order chi connectivity index (χ1) is 24.7. The minimum Gasteiger partial charge on any atom is -0.512 e. The molecular weight excluding hydrogens is 845 g/mol. The van der Waals surface area contributed by atoms with Crippen LogP contribution in [0.3, 0.4) is 0 Å². The largest absolute Gasteiger partial charge is 0.512 e. The Morgan fingerprint density at radius 3 is 2.06 bits per heavy atom. The molecule has 1 N–H and O–H groups in total. The van der Waals surface area contributed by atoms with Crippen LogP contribution in [-0.2, 0) is 41.1 Å². The number of rotatable bonds is 8. The molecule has 0 saturated heterocycles. The van der Waals surface area contributed by atoms with E-state index in [2.05, 4.69) is 97.9 Å². The molecule has 1 aliphatic carbocycles. The van der Waals surface area contributed by atoms with E-state index in [0.29, 0.717) is 0 Å². The van der Waals surface area contributed by atoms with Crippen LogP contribution in [0.15, 0.2) is 59.0 Å². The number of aliphatic hydroxyl groups is 1. The Hall–Kier alpha value is -3.34. The van der Waals surface area contributed by atoms with Crippen molar-refractivity contribution in [2.75, 3.05) is 0 Å². The zero-order chi connectivity index (χ0) is 39.3. The van der Waals surface area contributed by atoms with Crippen molar-refractivity contribution in [1.29, 1.82) is 0 Å². The molecule has 0 fully saturated rings. The van der Waals surface area contributed by atoms with Gasteiger partial charge in [-0.3, -0.25) is 9.78 Å². The fourth-order valence-corrected chi connectivity index (χ4v) is 7.88. The van der Waals surface area contributed by atoms with Gasteiger partial charge in [-0.1, -0.05) is 125 Å². The summed E-state index contributed by atoms with van der Waals surface area (Å²) in [6, 6.07) is 16.7. The summed E-state index contributed by atoms with van der Waals surface area (Å²) in [6.45, 7) is 30.5. The zero-order valence-electron chi connectivity index (χ0n) is 35.4. The predicted octanol–water partition coefficient (Wildman–Crippen LogP) is 13.6. The average Bonchev–Trinajstić information content (AvgIpc) is 3.52. The van der Waals surface area contributed by atoms with Crippen molar-refractivity contribution in [3.63, 3.8) is 0 Å². The number of hydrogen-bond acceptors (Lipinski definition) is 5. The number of allylic oxidation sites excluding steroid dienone is 2. The van der Waals surface area contributed by atoms with Crippen molar-refractivity contribution in [2.24, 2.45) is 10.8 Å². The molecule has 0 aliphatic heterocycles. The number of ketones is 1. The molecule has 0 saturated carbocycles. The van der Waals surface area contributed by atoms with Crippen molar-refractivity contribution < 1.29 is 34.4 Å². The number of nitrogens with zero attached hydrogens (tertiary/aromatic N) is 2. The third-order valence-corrected chi connectivity index (χ3v) is 12.9. The van der Waals surface area contributed by atoms with Crippen LogP contribution < -0.4 is 0 Å². The summed E-state index contributed by atoms with van der Waals surface area (Å²) in [5, 5.41) is 13.6. The van der Waals surface area contributed by atoms with Gasteiger partial charge in [0.25, 0.3) is 0 Å². The van der Waals surface area contributed by atoms with Crippen LogP contribution in [0.2, 0.25) is 0 Å². The van der Waals surface area contributed by atoms with Crippen LogP contribution in [0.1, 0.15) is 151 Å². The van der Waals surface area contributed by atoms with E-state index in [1.165, 1.54) is 40.0 Å². The van der Waals surface area contributed by atoms with Crippen molar-refractivity contribution in [3.05, 3.63) is 82.9 Å². The molecule has 3 aromatic carbocycles. The Kier molecular flexibility index (Phi) is 12.6. The maximum absolute atomic E-state index is 12.2. The van der Waals surface area contributed by atoms with E-state index in [4.69, 9.17) is 14.4 Å². The summed E-state index contributed by atoms with van der Waals surface area (Å²) < 4.78 is 6.69. The Balaban J connectivity index is 0.000000309. The average molecular weight is 908 g/mol.